The second-order valence-corrected chi connectivity index (χ2v) is 1.72. The van der Waals surface area contributed by atoms with Crippen molar-refractivity contribution in [2.24, 2.45) is 0 Å². The van der Waals surface area contributed by atoms with Crippen molar-refractivity contribution in [1.82, 2.24) is 15.0 Å². The molecule has 10 heavy (non-hydrogen) atoms. The molecule has 0 bridgehead atoms. The molecule has 0 aliphatic carbocycles. The Kier molecular flexibility index (Phi) is 2.52. The fourth-order valence-electron chi connectivity index (χ4n) is 0.734. The van der Waals surface area contributed by atoms with Gasteiger partial charge in [0, 0.05) is 6.20 Å². The Hall–Kier alpha value is -0.276. The van der Waals surface area contributed by atoms with Crippen molar-refractivity contribution < 1.29 is 32.7 Å². The summed E-state index contributed by atoms with van der Waals surface area (Å²) in [7, 11) is 0. The van der Waals surface area contributed by atoms with Crippen LogP contribution in [0.2, 0.25) is 0 Å². The molecule has 2 rings (SSSR count). The summed E-state index contributed by atoms with van der Waals surface area (Å²) in [4.78, 5) is 11.8. The van der Waals surface area contributed by atoms with Crippen molar-refractivity contribution >= 4 is 11.2 Å². The van der Waals surface area contributed by atoms with Gasteiger partial charge in [-0.1, -0.05) is 12.4 Å². The van der Waals surface area contributed by atoms with Crippen LogP contribution < -0.4 is 4.98 Å². The van der Waals surface area contributed by atoms with Crippen LogP contribution in [0.1, 0.15) is 0 Å². The van der Waals surface area contributed by atoms with Crippen LogP contribution in [0.4, 0.5) is 0 Å². The molecule has 0 aliphatic rings. The van der Waals surface area contributed by atoms with Crippen molar-refractivity contribution in [1.29, 1.82) is 0 Å². The maximum absolute atomic E-state index is 3.97. The van der Waals surface area contributed by atoms with Gasteiger partial charge in [0.1, 0.15) is 0 Å². The van der Waals surface area contributed by atoms with Gasteiger partial charge < -0.3 is 9.97 Å². The maximum atomic E-state index is 3.97. The standard InChI is InChI=1S/C6H4N3.Y/c1-2-5-6(7-3-1)9-4-8-5;/h1-4H;/q-1;+3. The Balaban J connectivity index is 0.000000500. The Morgan fingerprint density at radius 3 is 3.00 bits per heavy atom. The van der Waals surface area contributed by atoms with Crippen LogP contribution in [0, 0.1) is 0 Å². The Labute approximate surface area is 83.1 Å². The first-order chi connectivity index (χ1) is 4.47. The summed E-state index contributed by atoms with van der Waals surface area (Å²) in [5.41, 5.74) is 1.58. The van der Waals surface area contributed by atoms with Gasteiger partial charge in [-0.2, -0.15) is 0 Å². The zero-order chi connectivity index (χ0) is 6.10. The third-order valence-corrected chi connectivity index (χ3v) is 1.14. The molecule has 0 aromatic carbocycles. The molecule has 4 heteroatoms. The molecular formula is C6H4N3Y+2. The number of rotatable bonds is 0. The number of hydrogen-bond acceptors (Lipinski definition) is 2. The van der Waals surface area contributed by atoms with E-state index in [0.717, 1.165) is 11.2 Å². The average molecular weight is 207 g/mol. The van der Waals surface area contributed by atoms with Crippen LogP contribution in [0.25, 0.3) is 11.2 Å². The molecule has 0 radical (unpaired) electrons. The monoisotopic (exact) mass is 207 g/mol. The van der Waals surface area contributed by atoms with Crippen molar-refractivity contribution in [3.05, 3.63) is 24.7 Å². The number of fused-ring (bicyclic) bond motifs is 1. The first kappa shape index (κ1) is 7.83. The normalized spacial score (nSPS) is 9.20. The molecule has 2 aromatic heterocycles. The smallest absolute Gasteiger partial charge is 0.442 e. The van der Waals surface area contributed by atoms with Gasteiger partial charge in [0.25, 0.3) is 0 Å². The van der Waals surface area contributed by atoms with E-state index in [1.165, 1.54) is 6.33 Å². The number of hydrogen-bond donors (Lipinski definition) is 0. The van der Waals surface area contributed by atoms with Gasteiger partial charge in [-0.15, -0.1) is 0 Å². The Morgan fingerprint density at radius 2 is 2.20 bits per heavy atom. The Morgan fingerprint density at radius 1 is 1.30 bits per heavy atom. The Bertz CT molecular complexity index is 287. The number of pyridine rings is 1. The molecule has 0 saturated heterocycles. The SMILES string of the molecule is [Y+3].c1cnc2nc[n-]c2c1. The zero-order valence-corrected chi connectivity index (χ0v) is 8.07. The minimum atomic E-state index is 0. The minimum absolute atomic E-state index is 0. The largest absolute Gasteiger partial charge is 3.00 e. The summed E-state index contributed by atoms with van der Waals surface area (Å²) in [6.45, 7) is 0. The minimum Gasteiger partial charge on any atom is -0.442 e. The van der Waals surface area contributed by atoms with Crippen molar-refractivity contribution in [3.63, 3.8) is 0 Å². The predicted octanol–water partition coefficient (Wildman–Crippen LogP) is 0.584. The van der Waals surface area contributed by atoms with Crippen LogP contribution >= 0.6 is 0 Å². The van der Waals surface area contributed by atoms with E-state index in [1.807, 2.05) is 12.1 Å². The van der Waals surface area contributed by atoms with E-state index < -0.39 is 0 Å². The van der Waals surface area contributed by atoms with Crippen LogP contribution in [0.3, 0.4) is 0 Å². The van der Waals surface area contributed by atoms with Gasteiger partial charge in [0.15, 0.2) is 0 Å². The van der Waals surface area contributed by atoms with Gasteiger partial charge in [0.2, 0.25) is 0 Å². The van der Waals surface area contributed by atoms with Crippen molar-refractivity contribution in [2.45, 2.75) is 0 Å². The number of nitrogens with zero attached hydrogens (tertiary/aromatic N) is 3. The predicted molar refractivity (Wildman–Crippen MR) is 32.9 cm³/mol. The molecular weight excluding hydrogens is 203 g/mol. The van der Waals surface area contributed by atoms with Crippen LogP contribution in [-0.2, 0) is 32.7 Å². The molecule has 0 fully saturated rings. The molecule has 44 valence electrons. The molecule has 0 spiro atoms. The summed E-state index contributed by atoms with van der Waals surface area (Å²) in [5, 5.41) is 0. The first-order valence-electron chi connectivity index (χ1n) is 2.65. The third kappa shape index (κ3) is 1.25. The summed E-state index contributed by atoms with van der Waals surface area (Å²) in [6.07, 6.45) is 3.22. The van der Waals surface area contributed by atoms with E-state index >= 15 is 0 Å². The summed E-state index contributed by atoms with van der Waals surface area (Å²) < 4.78 is 0. The zero-order valence-electron chi connectivity index (χ0n) is 5.23. The van der Waals surface area contributed by atoms with E-state index in [-0.39, 0.29) is 32.7 Å². The quantitative estimate of drug-likeness (QED) is 0.634. The maximum Gasteiger partial charge on any atom is 3.00 e. The van der Waals surface area contributed by atoms with Gasteiger partial charge >= 0.3 is 32.7 Å². The molecule has 0 amide bonds. The molecule has 0 saturated carbocycles. The second kappa shape index (κ2) is 3.21. The molecule has 2 heterocycles. The van der Waals surface area contributed by atoms with Gasteiger partial charge in [0.05, 0.1) is 5.65 Å². The van der Waals surface area contributed by atoms with Crippen LogP contribution in [0.15, 0.2) is 24.7 Å². The van der Waals surface area contributed by atoms with E-state index in [4.69, 9.17) is 0 Å². The van der Waals surface area contributed by atoms with E-state index in [2.05, 4.69) is 15.0 Å². The van der Waals surface area contributed by atoms with Gasteiger partial charge in [-0.25, -0.2) is 0 Å². The van der Waals surface area contributed by atoms with E-state index in [0.29, 0.717) is 0 Å². The third-order valence-electron chi connectivity index (χ3n) is 1.14. The second-order valence-electron chi connectivity index (χ2n) is 1.72. The first-order valence-corrected chi connectivity index (χ1v) is 2.65. The summed E-state index contributed by atoms with van der Waals surface area (Å²) >= 11 is 0. The number of imidazole rings is 1. The fourth-order valence-corrected chi connectivity index (χ4v) is 0.734. The molecule has 0 aliphatic heterocycles. The average Bonchev–Trinajstić information content (AvgIpc) is 2.33. The van der Waals surface area contributed by atoms with Crippen molar-refractivity contribution in [3.8, 4) is 0 Å². The molecule has 3 nitrogen and oxygen atoms in total. The molecule has 0 unspecified atom stereocenters. The van der Waals surface area contributed by atoms with Gasteiger partial charge in [-0.3, -0.25) is 4.98 Å². The van der Waals surface area contributed by atoms with Crippen molar-refractivity contribution in [2.75, 3.05) is 0 Å². The summed E-state index contributed by atoms with van der Waals surface area (Å²) in [6, 6.07) is 3.73. The van der Waals surface area contributed by atoms with Gasteiger partial charge in [-0.05, 0) is 11.6 Å². The summed E-state index contributed by atoms with van der Waals surface area (Å²) in [5.74, 6) is 0. The molecule has 0 N–H and O–H groups in total. The van der Waals surface area contributed by atoms with Crippen LogP contribution in [-0.4, -0.2) is 9.97 Å². The molecule has 0 atom stereocenters. The number of aromatic nitrogens is 3. The fraction of sp³-hybridized carbons (Fsp3) is 0. The van der Waals surface area contributed by atoms with E-state index in [1.54, 1.807) is 6.20 Å². The molecule has 2 aromatic rings. The topological polar surface area (TPSA) is 39.9 Å². The van der Waals surface area contributed by atoms with E-state index in [9.17, 15) is 0 Å². The van der Waals surface area contributed by atoms with Crippen LogP contribution in [0.5, 0.6) is 0 Å².